The maximum absolute atomic E-state index is 13.6. The minimum atomic E-state index is -0.208. The molecule has 0 saturated heterocycles. The minimum Gasteiger partial charge on any atom is -0.322 e. The molecule has 35 heavy (non-hydrogen) atoms. The van der Waals surface area contributed by atoms with E-state index in [1.165, 1.54) is 0 Å². The van der Waals surface area contributed by atoms with Crippen LogP contribution in [0, 0.1) is 0 Å². The Morgan fingerprint density at radius 3 is 2.43 bits per heavy atom. The van der Waals surface area contributed by atoms with E-state index in [1.54, 1.807) is 40.5 Å². The quantitative estimate of drug-likeness (QED) is 0.276. The van der Waals surface area contributed by atoms with Crippen LogP contribution in [-0.2, 0) is 0 Å². The van der Waals surface area contributed by atoms with E-state index in [9.17, 15) is 9.59 Å². The highest BCUT2D eigenvalue weighted by atomic mass is 32.1. The lowest BCUT2D eigenvalue weighted by atomic mass is 10.0. The number of carbonyl (C=O) groups excluding carboxylic acids is 2. The molecule has 0 aliphatic rings. The molecule has 0 aliphatic carbocycles. The van der Waals surface area contributed by atoms with Gasteiger partial charge in [0.2, 0.25) is 0 Å². The molecule has 0 saturated carbocycles. The Morgan fingerprint density at radius 1 is 0.829 bits per heavy atom. The highest BCUT2D eigenvalue weighted by molar-refractivity contribution is 7.13. The molecule has 0 bridgehead atoms. The van der Waals surface area contributed by atoms with Crippen molar-refractivity contribution in [3.05, 3.63) is 120 Å². The molecule has 5 heteroatoms. The summed E-state index contributed by atoms with van der Waals surface area (Å²) in [6.07, 6.45) is 0. The third-order valence-corrected chi connectivity index (χ3v) is 6.85. The Bertz CT molecular complexity index is 1500. The largest absolute Gasteiger partial charge is 0.322 e. The van der Waals surface area contributed by atoms with E-state index in [2.05, 4.69) is 5.32 Å². The van der Waals surface area contributed by atoms with Crippen LogP contribution < -0.4 is 10.2 Å². The monoisotopic (exact) mass is 476 g/mol. The van der Waals surface area contributed by atoms with E-state index in [0.717, 1.165) is 26.9 Å². The molecule has 0 fully saturated rings. The molecule has 172 valence electrons. The summed E-state index contributed by atoms with van der Waals surface area (Å²) in [6, 6.07) is 32.7. The highest BCUT2D eigenvalue weighted by Gasteiger charge is 2.19. The van der Waals surface area contributed by atoms with Gasteiger partial charge in [0.05, 0.1) is 5.69 Å². The summed E-state index contributed by atoms with van der Waals surface area (Å²) in [5, 5.41) is 7.08. The summed E-state index contributed by atoms with van der Waals surface area (Å²) in [7, 11) is 0. The van der Waals surface area contributed by atoms with Crippen LogP contribution in [0.15, 0.2) is 109 Å². The average molecular weight is 477 g/mol. The van der Waals surface area contributed by atoms with Crippen molar-refractivity contribution in [2.24, 2.45) is 0 Å². The second-order valence-electron chi connectivity index (χ2n) is 8.11. The molecule has 0 atom stereocenters. The Kier molecular flexibility index (Phi) is 6.42. The van der Waals surface area contributed by atoms with Crippen molar-refractivity contribution in [2.45, 2.75) is 6.92 Å². The summed E-state index contributed by atoms with van der Waals surface area (Å²) in [4.78, 5) is 29.5. The number of nitrogens with one attached hydrogen (secondary N) is 1. The Morgan fingerprint density at radius 2 is 1.60 bits per heavy atom. The smallest absolute Gasteiger partial charge is 0.258 e. The average Bonchev–Trinajstić information content (AvgIpc) is 3.44. The molecule has 2 amide bonds. The van der Waals surface area contributed by atoms with Gasteiger partial charge in [0.25, 0.3) is 11.8 Å². The molecule has 1 heterocycles. The first-order chi connectivity index (χ1) is 17.2. The first-order valence-corrected chi connectivity index (χ1v) is 12.4. The van der Waals surface area contributed by atoms with Crippen molar-refractivity contribution < 1.29 is 9.59 Å². The first kappa shape index (κ1) is 22.6. The standard InChI is InChI=1S/C30H24N2O2S/c1-2-32(27-17-8-11-21-10-3-4-14-24(21)27)30(34)22-12-7-13-23(20-22)31-29(33)26-16-6-5-15-25(26)28-18-9-19-35-28/h3-20H,2H2,1H3,(H,31,33). The van der Waals surface area contributed by atoms with Gasteiger partial charge in [-0.3, -0.25) is 9.59 Å². The molecule has 4 aromatic carbocycles. The molecule has 0 unspecified atom stereocenters. The second kappa shape index (κ2) is 9.95. The van der Waals surface area contributed by atoms with Crippen LogP contribution in [0.2, 0.25) is 0 Å². The zero-order valence-electron chi connectivity index (χ0n) is 19.3. The third kappa shape index (κ3) is 4.59. The molecule has 0 spiro atoms. The van der Waals surface area contributed by atoms with Gasteiger partial charge >= 0.3 is 0 Å². The predicted molar refractivity (Wildman–Crippen MR) is 145 cm³/mol. The van der Waals surface area contributed by atoms with Crippen LogP contribution in [0.25, 0.3) is 21.2 Å². The van der Waals surface area contributed by atoms with Gasteiger partial charge in [0.15, 0.2) is 0 Å². The summed E-state index contributed by atoms with van der Waals surface area (Å²) in [6.45, 7) is 2.49. The van der Waals surface area contributed by atoms with E-state index in [4.69, 9.17) is 0 Å². The minimum absolute atomic E-state index is 0.112. The van der Waals surface area contributed by atoms with Crippen molar-refractivity contribution in [1.29, 1.82) is 0 Å². The number of hydrogen-bond acceptors (Lipinski definition) is 3. The Labute approximate surface area is 208 Å². The van der Waals surface area contributed by atoms with Crippen LogP contribution in [0.4, 0.5) is 11.4 Å². The van der Waals surface area contributed by atoms with Crippen LogP contribution in [-0.4, -0.2) is 18.4 Å². The maximum Gasteiger partial charge on any atom is 0.258 e. The Balaban J connectivity index is 1.42. The number of carbonyl (C=O) groups is 2. The highest BCUT2D eigenvalue weighted by Crippen LogP contribution is 2.30. The van der Waals surface area contributed by atoms with E-state index >= 15 is 0 Å². The third-order valence-electron chi connectivity index (χ3n) is 5.94. The summed E-state index contributed by atoms with van der Waals surface area (Å²) in [5.41, 5.74) is 3.45. The lowest BCUT2D eigenvalue weighted by Gasteiger charge is -2.23. The lowest BCUT2D eigenvalue weighted by molar-refractivity contribution is 0.0986. The summed E-state index contributed by atoms with van der Waals surface area (Å²) < 4.78 is 0. The summed E-state index contributed by atoms with van der Waals surface area (Å²) in [5.74, 6) is -0.320. The molecule has 0 radical (unpaired) electrons. The van der Waals surface area contributed by atoms with E-state index in [-0.39, 0.29) is 11.8 Å². The fourth-order valence-electron chi connectivity index (χ4n) is 4.28. The van der Waals surface area contributed by atoms with Crippen molar-refractivity contribution in [2.75, 3.05) is 16.8 Å². The topological polar surface area (TPSA) is 49.4 Å². The van der Waals surface area contributed by atoms with Crippen LogP contribution in [0.1, 0.15) is 27.6 Å². The molecule has 5 aromatic rings. The molecule has 0 aliphatic heterocycles. The van der Waals surface area contributed by atoms with E-state index in [0.29, 0.717) is 23.4 Å². The number of benzene rings is 4. The van der Waals surface area contributed by atoms with Crippen molar-refractivity contribution in [3.63, 3.8) is 0 Å². The molecular weight excluding hydrogens is 452 g/mol. The first-order valence-electron chi connectivity index (χ1n) is 11.5. The van der Waals surface area contributed by atoms with Gasteiger partial charge in [0, 0.05) is 39.2 Å². The summed E-state index contributed by atoms with van der Waals surface area (Å²) >= 11 is 1.59. The van der Waals surface area contributed by atoms with E-state index < -0.39 is 0 Å². The SMILES string of the molecule is CCN(C(=O)c1cccc(NC(=O)c2ccccc2-c2cccs2)c1)c1cccc2ccccc12. The van der Waals surface area contributed by atoms with Crippen molar-refractivity contribution in [3.8, 4) is 10.4 Å². The van der Waals surface area contributed by atoms with Gasteiger partial charge in [-0.2, -0.15) is 0 Å². The normalized spacial score (nSPS) is 10.8. The number of nitrogens with zero attached hydrogens (tertiary/aromatic N) is 1. The molecular formula is C30H24N2O2S. The number of fused-ring (bicyclic) bond motifs is 1. The fraction of sp³-hybridized carbons (Fsp3) is 0.0667. The van der Waals surface area contributed by atoms with Gasteiger partial charge in [0.1, 0.15) is 0 Å². The number of thiophene rings is 1. The number of hydrogen-bond donors (Lipinski definition) is 1. The van der Waals surface area contributed by atoms with Crippen LogP contribution in [0.3, 0.4) is 0 Å². The van der Waals surface area contributed by atoms with E-state index in [1.807, 2.05) is 91.2 Å². The van der Waals surface area contributed by atoms with Gasteiger partial charge in [-0.15, -0.1) is 11.3 Å². The second-order valence-corrected chi connectivity index (χ2v) is 9.05. The number of anilines is 2. The fourth-order valence-corrected chi connectivity index (χ4v) is 5.04. The van der Waals surface area contributed by atoms with Gasteiger partial charge in [-0.05, 0) is 54.1 Å². The number of amides is 2. The lowest BCUT2D eigenvalue weighted by Crippen LogP contribution is -2.30. The van der Waals surface area contributed by atoms with Gasteiger partial charge in [-0.1, -0.05) is 66.7 Å². The molecule has 5 rings (SSSR count). The Hall–Kier alpha value is -4.22. The van der Waals surface area contributed by atoms with Crippen molar-refractivity contribution in [1.82, 2.24) is 0 Å². The molecule has 4 nitrogen and oxygen atoms in total. The van der Waals surface area contributed by atoms with Gasteiger partial charge < -0.3 is 10.2 Å². The molecule has 1 N–H and O–H groups in total. The van der Waals surface area contributed by atoms with Crippen molar-refractivity contribution >= 4 is 45.3 Å². The zero-order valence-corrected chi connectivity index (χ0v) is 20.1. The predicted octanol–water partition coefficient (Wildman–Crippen LogP) is 7.49. The molecule has 1 aromatic heterocycles. The van der Waals surface area contributed by atoms with Crippen LogP contribution >= 0.6 is 11.3 Å². The zero-order chi connectivity index (χ0) is 24.2. The van der Waals surface area contributed by atoms with Crippen LogP contribution in [0.5, 0.6) is 0 Å². The number of rotatable bonds is 6. The maximum atomic E-state index is 13.6. The van der Waals surface area contributed by atoms with Gasteiger partial charge in [-0.25, -0.2) is 0 Å².